The molecule has 0 unspecified atom stereocenters. The second kappa shape index (κ2) is 3.55. The first-order valence-electron chi connectivity index (χ1n) is 3.90. The smallest absolute Gasteiger partial charge is 0.229 e. The van der Waals surface area contributed by atoms with Crippen molar-refractivity contribution < 1.29 is 4.39 Å². The SMILES string of the molecule is CN(C)c1cc(F)nc(N(C)C)n1. The highest BCUT2D eigenvalue weighted by Gasteiger charge is 2.06. The van der Waals surface area contributed by atoms with E-state index in [1.807, 2.05) is 0 Å². The van der Waals surface area contributed by atoms with E-state index in [0.29, 0.717) is 11.8 Å². The van der Waals surface area contributed by atoms with Crippen LogP contribution in [-0.2, 0) is 0 Å². The Morgan fingerprint density at radius 3 is 2.15 bits per heavy atom. The van der Waals surface area contributed by atoms with Gasteiger partial charge in [0.15, 0.2) is 0 Å². The number of rotatable bonds is 2. The number of hydrogen-bond donors (Lipinski definition) is 0. The number of halogens is 1. The van der Waals surface area contributed by atoms with Crippen LogP contribution in [-0.4, -0.2) is 38.2 Å². The molecule has 0 radical (unpaired) electrons. The normalized spacial score (nSPS) is 9.92. The first kappa shape index (κ1) is 9.70. The molecule has 4 nitrogen and oxygen atoms in total. The summed E-state index contributed by atoms with van der Waals surface area (Å²) in [6.07, 6.45) is 0. The van der Waals surface area contributed by atoms with E-state index < -0.39 is 5.95 Å². The Labute approximate surface area is 77.0 Å². The fourth-order valence-electron chi connectivity index (χ4n) is 0.823. The zero-order valence-electron chi connectivity index (χ0n) is 8.24. The molecule has 0 aromatic carbocycles. The Morgan fingerprint density at radius 1 is 1.08 bits per heavy atom. The van der Waals surface area contributed by atoms with E-state index in [4.69, 9.17) is 0 Å². The zero-order valence-corrected chi connectivity index (χ0v) is 8.24. The monoisotopic (exact) mass is 184 g/mol. The van der Waals surface area contributed by atoms with Crippen LogP contribution in [0.2, 0.25) is 0 Å². The molecule has 13 heavy (non-hydrogen) atoms. The average molecular weight is 184 g/mol. The third-order valence-corrected chi connectivity index (χ3v) is 1.53. The van der Waals surface area contributed by atoms with Gasteiger partial charge in [0, 0.05) is 34.3 Å². The second-order valence-electron chi connectivity index (χ2n) is 3.14. The minimum atomic E-state index is -0.512. The van der Waals surface area contributed by atoms with Gasteiger partial charge in [-0.15, -0.1) is 0 Å². The molecule has 0 aliphatic heterocycles. The number of nitrogens with zero attached hydrogens (tertiary/aromatic N) is 4. The minimum absolute atomic E-state index is 0.378. The van der Waals surface area contributed by atoms with Crippen LogP contribution in [0.25, 0.3) is 0 Å². The molecule has 1 heterocycles. The summed E-state index contributed by atoms with van der Waals surface area (Å²) in [5.74, 6) is 0.433. The summed E-state index contributed by atoms with van der Waals surface area (Å²) in [6.45, 7) is 0. The van der Waals surface area contributed by atoms with Crippen molar-refractivity contribution in [1.82, 2.24) is 9.97 Å². The van der Waals surface area contributed by atoms with Crippen LogP contribution in [0, 0.1) is 5.95 Å². The topological polar surface area (TPSA) is 32.3 Å². The highest BCUT2D eigenvalue weighted by atomic mass is 19.1. The summed E-state index contributed by atoms with van der Waals surface area (Å²) in [7, 11) is 7.16. The van der Waals surface area contributed by atoms with Crippen LogP contribution in [0.4, 0.5) is 16.2 Å². The molecule has 5 heteroatoms. The maximum Gasteiger partial charge on any atom is 0.229 e. The van der Waals surface area contributed by atoms with Crippen molar-refractivity contribution in [2.24, 2.45) is 0 Å². The highest BCUT2D eigenvalue weighted by molar-refractivity contribution is 5.41. The van der Waals surface area contributed by atoms with E-state index in [9.17, 15) is 4.39 Å². The van der Waals surface area contributed by atoms with Gasteiger partial charge in [-0.05, 0) is 0 Å². The quantitative estimate of drug-likeness (QED) is 0.635. The molecule has 0 spiro atoms. The summed E-state index contributed by atoms with van der Waals surface area (Å²) in [6, 6.07) is 1.30. The molecule has 0 bridgehead atoms. The van der Waals surface area contributed by atoms with Crippen molar-refractivity contribution in [2.75, 3.05) is 38.0 Å². The van der Waals surface area contributed by atoms with Gasteiger partial charge in [0.05, 0.1) is 0 Å². The van der Waals surface area contributed by atoms with Gasteiger partial charge in [0.2, 0.25) is 11.9 Å². The van der Waals surface area contributed by atoms with Crippen LogP contribution in [0.15, 0.2) is 6.07 Å². The summed E-state index contributed by atoms with van der Waals surface area (Å²) in [5.41, 5.74) is 0. The standard InChI is InChI=1S/C8H13FN4/c1-12(2)7-5-6(9)10-8(11-7)13(3)4/h5H,1-4H3. The van der Waals surface area contributed by atoms with Crippen molar-refractivity contribution in [3.05, 3.63) is 12.0 Å². The van der Waals surface area contributed by atoms with Crippen LogP contribution in [0.1, 0.15) is 0 Å². The van der Waals surface area contributed by atoms with E-state index in [0.717, 1.165) is 0 Å². The third-order valence-electron chi connectivity index (χ3n) is 1.53. The highest BCUT2D eigenvalue weighted by Crippen LogP contribution is 2.12. The molecule has 0 saturated heterocycles. The molecular weight excluding hydrogens is 171 g/mol. The van der Waals surface area contributed by atoms with Crippen molar-refractivity contribution in [1.29, 1.82) is 0 Å². The lowest BCUT2D eigenvalue weighted by Crippen LogP contribution is -2.17. The molecular formula is C8H13FN4. The minimum Gasteiger partial charge on any atom is -0.362 e. The first-order chi connectivity index (χ1) is 6.00. The van der Waals surface area contributed by atoms with Crippen molar-refractivity contribution in [2.45, 2.75) is 0 Å². The van der Waals surface area contributed by atoms with Gasteiger partial charge in [0.25, 0.3) is 0 Å². The molecule has 1 aromatic rings. The summed E-state index contributed by atoms with van der Waals surface area (Å²) >= 11 is 0. The summed E-state index contributed by atoms with van der Waals surface area (Å²) in [4.78, 5) is 11.2. The lowest BCUT2D eigenvalue weighted by atomic mass is 10.5. The van der Waals surface area contributed by atoms with Gasteiger partial charge in [-0.2, -0.15) is 14.4 Å². The van der Waals surface area contributed by atoms with Crippen molar-refractivity contribution >= 4 is 11.8 Å². The maximum atomic E-state index is 12.9. The predicted molar refractivity (Wildman–Crippen MR) is 50.6 cm³/mol. The van der Waals surface area contributed by atoms with Gasteiger partial charge in [0.1, 0.15) is 5.82 Å². The fourth-order valence-corrected chi connectivity index (χ4v) is 0.823. The van der Waals surface area contributed by atoms with E-state index >= 15 is 0 Å². The van der Waals surface area contributed by atoms with E-state index in [1.54, 1.807) is 38.0 Å². The van der Waals surface area contributed by atoms with Crippen molar-refractivity contribution in [3.63, 3.8) is 0 Å². The van der Waals surface area contributed by atoms with E-state index in [1.165, 1.54) is 6.07 Å². The molecule has 1 aromatic heterocycles. The Kier molecular flexibility index (Phi) is 2.65. The molecule has 0 atom stereocenters. The molecule has 0 N–H and O–H groups in total. The Bertz CT molecular complexity index is 272. The van der Waals surface area contributed by atoms with Crippen LogP contribution >= 0.6 is 0 Å². The maximum absolute atomic E-state index is 12.9. The summed E-state index contributed by atoms with van der Waals surface area (Å²) < 4.78 is 12.9. The Balaban J connectivity index is 3.11. The molecule has 72 valence electrons. The van der Waals surface area contributed by atoms with Gasteiger partial charge in [-0.3, -0.25) is 0 Å². The number of anilines is 2. The van der Waals surface area contributed by atoms with Crippen LogP contribution < -0.4 is 9.80 Å². The van der Waals surface area contributed by atoms with Crippen LogP contribution in [0.5, 0.6) is 0 Å². The lowest BCUT2D eigenvalue weighted by molar-refractivity contribution is 0.579. The van der Waals surface area contributed by atoms with Crippen molar-refractivity contribution in [3.8, 4) is 0 Å². The van der Waals surface area contributed by atoms with Gasteiger partial charge in [-0.1, -0.05) is 0 Å². The summed E-state index contributed by atoms with van der Waals surface area (Å²) in [5, 5.41) is 0. The molecule has 0 aliphatic carbocycles. The molecule has 0 saturated carbocycles. The molecule has 0 aliphatic rings. The third kappa shape index (κ3) is 2.27. The number of hydrogen-bond acceptors (Lipinski definition) is 4. The fraction of sp³-hybridized carbons (Fsp3) is 0.500. The number of aromatic nitrogens is 2. The molecule has 0 fully saturated rings. The molecule has 0 amide bonds. The Morgan fingerprint density at radius 2 is 1.69 bits per heavy atom. The van der Waals surface area contributed by atoms with Gasteiger partial charge >= 0.3 is 0 Å². The molecule has 1 rings (SSSR count). The largest absolute Gasteiger partial charge is 0.362 e. The van der Waals surface area contributed by atoms with E-state index in [2.05, 4.69) is 9.97 Å². The lowest BCUT2D eigenvalue weighted by Gasteiger charge is -2.15. The van der Waals surface area contributed by atoms with E-state index in [-0.39, 0.29) is 0 Å². The van der Waals surface area contributed by atoms with Gasteiger partial charge in [-0.25, -0.2) is 0 Å². The van der Waals surface area contributed by atoms with Crippen LogP contribution in [0.3, 0.4) is 0 Å². The Hall–Kier alpha value is -1.39. The predicted octanol–water partition coefficient (Wildman–Crippen LogP) is 0.748. The average Bonchev–Trinajstić information content (AvgIpc) is 2.03. The first-order valence-corrected chi connectivity index (χ1v) is 3.90. The zero-order chi connectivity index (χ0) is 10.0. The second-order valence-corrected chi connectivity index (χ2v) is 3.14. The van der Waals surface area contributed by atoms with Gasteiger partial charge < -0.3 is 9.80 Å².